The minimum Gasteiger partial charge on any atom is -0.462 e. The van der Waals surface area contributed by atoms with Gasteiger partial charge in [0.1, 0.15) is 5.75 Å². The maximum Gasteiger partial charge on any atom is 0.330 e. The summed E-state index contributed by atoms with van der Waals surface area (Å²) in [6.07, 6.45) is 12.2. The van der Waals surface area contributed by atoms with Crippen LogP contribution >= 0.6 is 0 Å². The molecular formula is C30H38N2O5. The summed E-state index contributed by atoms with van der Waals surface area (Å²) >= 11 is 0. The quantitative estimate of drug-likeness (QED) is 0.0922. The molecule has 4 N–H and O–H groups in total. The molecule has 7 heteroatoms. The number of benzene rings is 2. The molecule has 0 aliphatic heterocycles. The van der Waals surface area contributed by atoms with E-state index < -0.39 is 5.97 Å². The number of allylic oxidation sites excluding steroid dienone is 1. The Morgan fingerprint density at radius 3 is 2.46 bits per heavy atom. The standard InChI is InChI=1S/C30H38N2O5/c1-2-3-4-5-19-35-26-14-9-23(10-15-26)30(34)37-27-12-6-22(7-13-27)8-17-29(33)36-20-18-24-21-25(31)11-16-28(24)32/h2,6-8,11-13,16-17,21,23,26H,1,3-5,9-10,14-15,18-20,31-32H2. The lowest BCUT2D eigenvalue weighted by Crippen LogP contribution is -2.29. The van der Waals surface area contributed by atoms with Gasteiger partial charge in [0.15, 0.2) is 0 Å². The summed E-state index contributed by atoms with van der Waals surface area (Å²) in [5.74, 6) is -0.255. The number of unbranched alkanes of at least 4 members (excludes halogenated alkanes) is 2. The van der Waals surface area contributed by atoms with E-state index in [4.69, 9.17) is 25.7 Å². The number of nitrogens with two attached hydrogens (primary N) is 2. The molecule has 2 aromatic carbocycles. The van der Waals surface area contributed by atoms with Gasteiger partial charge in [-0.15, -0.1) is 6.58 Å². The Balaban J connectivity index is 1.35. The van der Waals surface area contributed by atoms with E-state index in [1.807, 2.05) is 6.08 Å². The summed E-state index contributed by atoms with van der Waals surface area (Å²) in [7, 11) is 0. The number of carbonyl (C=O) groups excluding carboxylic acids is 2. The van der Waals surface area contributed by atoms with Crippen LogP contribution in [0.5, 0.6) is 5.75 Å². The fourth-order valence-electron chi connectivity index (χ4n) is 4.27. The van der Waals surface area contributed by atoms with Crippen molar-refractivity contribution in [3.05, 3.63) is 72.3 Å². The number of nitrogen functional groups attached to an aromatic ring is 2. The van der Waals surface area contributed by atoms with Crippen LogP contribution in [0.15, 0.2) is 61.2 Å². The Morgan fingerprint density at radius 1 is 0.973 bits per heavy atom. The van der Waals surface area contributed by atoms with Gasteiger partial charge in [-0.2, -0.15) is 0 Å². The molecule has 0 radical (unpaired) electrons. The van der Waals surface area contributed by atoms with E-state index in [2.05, 4.69) is 6.58 Å². The molecule has 3 rings (SSSR count). The Hall–Kier alpha value is -3.58. The molecular weight excluding hydrogens is 468 g/mol. The van der Waals surface area contributed by atoms with E-state index in [0.29, 0.717) is 23.5 Å². The molecule has 0 spiro atoms. The Kier molecular flexibility index (Phi) is 11.2. The lowest BCUT2D eigenvalue weighted by molar-refractivity contribution is -0.141. The molecule has 1 aliphatic rings. The molecule has 0 aromatic heterocycles. The highest BCUT2D eigenvalue weighted by atomic mass is 16.5. The molecule has 0 bridgehead atoms. The first-order valence-electron chi connectivity index (χ1n) is 13.0. The first-order chi connectivity index (χ1) is 17.9. The predicted molar refractivity (Wildman–Crippen MR) is 147 cm³/mol. The molecule has 0 unspecified atom stereocenters. The van der Waals surface area contributed by atoms with Crippen molar-refractivity contribution < 1.29 is 23.8 Å². The summed E-state index contributed by atoms with van der Waals surface area (Å²) in [6, 6.07) is 12.3. The zero-order valence-electron chi connectivity index (χ0n) is 21.4. The Labute approximate surface area is 219 Å². The normalized spacial score (nSPS) is 17.4. The average molecular weight is 507 g/mol. The van der Waals surface area contributed by atoms with Crippen molar-refractivity contribution >= 4 is 29.4 Å². The zero-order valence-corrected chi connectivity index (χ0v) is 21.4. The molecule has 1 saturated carbocycles. The van der Waals surface area contributed by atoms with Gasteiger partial charge in [-0.3, -0.25) is 4.79 Å². The summed E-state index contributed by atoms with van der Waals surface area (Å²) in [5.41, 5.74) is 14.6. The van der Waals surface area contributed by atoms with Gasteiger partial charge >= 0.3 is 11.9 Å². The third kappa shape index (κ3) is 9.77. The van der Waals surface area contributed by atoms with Crippen molar-refractivity contribution in [3.63, 3.8) is 0 Å². The molecule has 198 valence electrons. The predicted octanol–water partition coefficient (Wildman–Crippen LogP) is 5.49. The summed E-state index contributed by atoms with van der Waals surface area (Å²) in [4.78, 5) is 24.6. The third-order valence-corrected chi connectivity index (χ3v) is 6.46. The summed E-state index contributed by atoms with van der Waals surface area (Å²) < 4.78 is 16.8. The van der Waals surface area contributed by atoms with Gasteiger partial charge in [-0.05, 0) is 92.5 Å². The molecule has 0 amide bonds. The number of hydrogen-bond acceptors (Lipinski definition) is 7. The van der Waals surface area contributed by atoms with E-state index >= 15 is 0 Å². The topological polar surface area (TPSA) is 114 Å². The molecule has 37 heavy (non-hydrogen) atoms. The van der Waals surface area contributed by atoms with Gasteiger partial charge in [-0.1, -0.05) is 18.2 Å². The van der Waals surface area contributed by atoms with Gasteiger partial charge < -0.3 is 25.7 Å². The van der Waals surface area contributed by atoms with Crippen molar-refractivity contribution in [1.82, 2.24) is 0 Å². The third-order valence-electron chi connectivity index (χ3n) is 6.46. The summed E-state index contributed by atoms with van der Waals surface area (Å²) in [6.45, 7) is 4.70. The second-order valence-corrected chi connectivity index (χ2v) is 9.33. The van der Waals surface area contributed by atoms with Gasteiger partial charge in [0.2, 0.25) is 0 Å². The van der Waals surface area contributed by atoms with Crippen molar-refractivity contribution in [2.24, 2.45) is 5.92 Å². The second kappa shape index (κ2) is 14.9. The molecule has 0 saturated heterocycles. The fraction of sp³-hybridized carbons (Fsp3) is 0.400. The highest BCUT2D eigenvalue weighted by Gasteiger charge is 2.28. The van der Waals surface area contributed by atoms with Crippen LogP contribution in [0.4, 0.5) is 11.4 Å². The number of anilines is 2. The SMILES string of the molecule is C=CCCCCOC1CCC(C(=O)Oc2ccc(C=CC(=O)OCCc3cc(N)ccc3N)cc2)CC1. The molecule has 0 heterocycles. The largest absolute Gasteiger partial charge is 0.462 e. The minimum absolute atomic E-state index is 0.0994. The van der Waals surface area contributed by atoms with Gasteiger partial charge in [0, 0.05) is 30.5 Å². The van der Waals surface area contributed by atoms with Crippen LogP contribution in [0.1, 0.15) is 56.1 Å². The monoisotopic (exact) mass is 506 g/mol. The molecule has 7 nitrogen and oxygen atoms in total. The minimum atomic E-state index is -0.450. The fourth-order valence-corrected chi connectivity index (χ4v) is 4.27. The number of carbonyl (C=O) groups is 2. The van der Waals surface area contributed by atoms with E-state index in [9.17, 15) is 9.59 Å². The van der Waals surface area contributed by atoms with Gasteiger partial charge in [0.05, 0.1) is 18.6 Å². The van der Waals surface area contributed by atoms with Crippen LogP contribution in [0.3, 0.4) is 0 Å². The number of esters is 2. The van der Waals surface area contributed by atoms with E-state index in [-0.39, 0.29) is 24.6 Å². The lowest BCUT2D eigenvalue weighted by atomic mass is 9.87. The van der Waals surface area contributed by atoms with E-state index in [1.54, 1.807) is 48.5 Å². The number of ether oxygens (including phenoxy) is 3. The van der Waals surface area contributed by atoms with E-state index in [1.165, 1.54) is 6.08 Å². The highest BCUT2D eigenvalue weighted by Crippen LogP contribution is 2.28. The lowest BCUT2D eigenvalue weighted by Gasteiger charge is -2.27. The molecule has 2 aromatic rings. The van der Waals surface area contributed by atoms with Gasteiger partial charge in [0.25, 0.3) is 0 Å². The van der Waals surface area contributed by atoms with Crippen LogP contribution in [0, 0.1) is 5.92 Å². The molecule has 0 atom stereocenters. The van der Waals surface area contributed by atoms with Crippen molar-refractivity contribution in [2.45, 2.75) is 57.5 Å². The van der Waals surface area contributed by atoms with Crippen molar-refractivity contribution in [1.29, 1.82) is 0 Å². The molecule has 1 fully saturated rings. The van der Waals surface area contributed by atoms with Crippen LogP contribution in [-0.4, -0.2) is 31.3 Å². The van der Waals surface area contributed by atoms with E-state index in [0.717, 1.165) is 62.7 Å². The van der Waals surface area contributed by atoms with Crippen molar-refractivity contribution in [2.75, 3.05) is 24.7 Å². The number of hydrogen-bond donors (Lipinski definition) is 2. The van der Waals surface area contributed by atoms with Crippen LogP contribution < -0.4 is 16.2 Å². The first kappa shape index (κ1) is 28.0. The summed E-state index contributed by atoms with van der Waals surface area (Å²) in [5, 5.41) is 0. The van der Waals surface area contributed by atoms with Crippen LogP contribution in [0.2, 0.25) is 0 Å². The smallest absolute Gasteiger partial charge is 0.330 e. The zero-order chi connectivity index (χ0) is 26.5. The Bertz CT molecular complexity index is 1060. The Morgan fingerprint density at radius 2 is 1.73 bits per heavy atom. The highest BCUT2D eigenvalue weighted by molar-refractivity contribution is 5.87. The molecule has 1 aliphatic carbocycles. The van der Waals surface area contributed by atoms with Crippen LogP contribution in [-0.2, 0) is 25.5 Å². The maximum atomic E-state index is 12.6. The van der Waals surface area contributed by atoms with Crippen LogP contribution in [0.25, 0.3) is 6.08 Å². The van der Waals surface area contributed by atoms with Gasteiger partial charge in [-0.25, -0.2) is 4.79 Å². The maximum absolute atomic E-state index is 12.6. The second-order valence-electron chi connectivity index (χ2n) is 9.33. The van der Waals surface area contributed by atoms with Crippen molar-refractivity contribution in [3.8, 4) is 5.75 Å². The average Bonchev–Trinajstić information content (AvgIpc) is 2.90. The first-order valence-corrected chi connectivity index (χ1v) is 13.0. The number of rotatable bonds is 13.